The fourth-order valence-electron chi connectivity index (χ4n) is 7.29. The Balaban J connectivity index is 2.40. The largest absolute Gasteiger partial charge is 0.481 e. The average molecular weight is 819 g/mol. The van der Waals surface area contributed by atoms with Gasteiger partial charge in [-0.2, -0.15) is 0 Å². The molecular formula is C44H78N6O8. The third kappa shape index (κ3) is 27.2. The summed E-state index contributed by atoms with van der Waals surface area (Å²) in [4.78, 5) is 81.1. The van der Waals surface area contributed by atoms with E-state index in [2.05, 4.69) is 27.5 Å². The first-order chi connectivity index (χ1) is 28.0. The molecule has 1 heterocycles. The number of carboxylic acid groups (broad SMARTS) is 1. The van der Waals surface area contributed by atoms with Crippen LogP contribution in [-0.4, -0.2) is 87.1 Å². The normalized spacial score (nSPS) is 13.4. The molecule has 0 aliphatic rings. The molecule has 0 unspecified atom stereocenters. The van der Waals surface area contributed by atoms with E-state index < -0.39 is 36.5 Å². The minimum Gasteiger partial charge on any atom is -0.481 e. The summed E-state index contributed by atoms with van der Waals surface area (Å²) in [6.45, 7) is 1.87. The first kappa shape index (κ1) is 52.5. The van der Waals surface area contributed by atoms with Gasteiger partial charge >= 0.3 is 5.97 Å². The molecule has 14 nitrogen and oxygen atoms in total. The number of aliphatic hydroxyl groups is 1. The molecule has 0 radical (unpaired) electrons. The molecule has 0 aliphatic heterocycles. The Labute approximate surface area is 347 Å². The van der Waals surface area contributed by atoms with Gasteiger partial charge in [-0.15, -0.1) is 0 Å². The Hall–Kier alpha value is -3.49. The summed E-state index contributed by atoms with van der Waals surface area (Å²) in [6, 6.07) is -1.72. The number of hydrogen-bond donors (Lipinski definition) is 7. The van der Waals surface area contributed by atoms with Crippen molar-refractivity contribution < 1.29 is 39.0 Å². The average Bonchev–Trinajstić information content (AvgIpc) is 3.71. The van der Waals surface area contributed by atoms with Gasteiger partial charge in [0.05, 0.1) is 25.5 Å². The SMILES string of the molecule is CCCC[C@H](CCC(=O)[C@@H](N)Cc1cnc[nH]1)C(=O)CC[C@@H](CCCCNC(=O)CCCCCCCCCCCCCCCCC(=O)O)C(=O)CN[C@@H](CO)C(N)=O. The van der Waals surface area contributed by atoms with E-state index in [4.69, 9.17) is 16.6 Å². The second kappa shape index (κ2) is 34.4. The Morgan fingerprint density at radius 1 is 0.690 bits per heavy atom. The number of unbranched alkanes of at least 4 members (excludes halogenated alkanes) is 15. The third-order valence-electron chi connectivity index (χ3n) is 11.1. The highest BCUT2D eigenvalue weighted by molar-refractivity contribution is 5.87. The fraction of sp³-hybridized carbons (Fsp3) is 0.795. The molecule has 0 spiro atoms. The second-order valence-corrected chi connectivity index (χ2v) is 16.1. The van der Waals surface area contributed by atoms with Crippen LogP contribution < -0.4 is 22.1 Å². The number of Topliss-reactive ketones (excluding diaryl/α,β-unsaturated/α-hetero) is 3. The Kier molecular flexibility index (Phi) is 31.1. The summed E-state index contributed by atoms with van der Waals surface area (Å²) in [5, 5.41) is 23.9. The van der Waals surface area contributed by atoms with Crippen LogP contribution in [0.15, 0.2) is 12.5 Å². The number of ketones is 3. The maximum absolute atomic E-state index is 13.5. The zero-order chi connectivity index (χ0) is 42.8. The Morgan fingerprint density at radius 2 is 1.22 bits per heavy atom. The van der Waals surface area contributed by atoms with Crippen LogP contribution in [0.3, 0.4) is 0 Å². The van der Waals surface area contributed by atoms with Crippen molar-refractivity contribution in [3.63, 3.8) is 0 Å². The number of aromatic nitrogens is 2. The van der Waals surface area contributed by atoms with Gasteiger partial charge in [0.25, 0.3) is 0 Å². The van der Waals surface area contributed by atoms with Gasteiger partial charge in [-0.05, 0) is 44.9 Å². The van der Waals surface area contributed by atoms with Gasteiger partial charge in [-0.1, -0.05) is 103 Å². The van der Waals surface area contributed by atoms with E-state index in [-0.39, 0.29) is 55.0 Å². The predicted molar refractivity (Wildman–Crippen MR) is 227 cm³/mol. The van der Waals surface area contributed by atoms with Gasteiger partial charge in [0.15, 0.2) is 0 Å². The molecule has 14 heteroatoms. The number of nitrogens with one attached hydrogen (secondary N) is 3. The van der Waals surface area contributed by atoms with Crippen LogP contribution in [-0.2, 0) is 35.2 Å². The highest BCUT2D eigenvalue weighted by atomic mass is 16.4. The van der Waals surface area contributed by atoms with Crippen molar-refractivity contribution in [3.8, 4) is 0 Å². The molecule has 0 fully saturated rings. The van der Waals surface area contributed by atoms with Crippen molar-refractivity contribution in [1.29, 1.82) is 0 Å². The van der Waals surface area contributed by atoms with Crippen molar-refractivity contribution in [1.82, 2.24) is 20.6 Å². The molecule has 0 aromatic carbocycles. The minimum absolute atomic E-state index is 0.0257. The lowest BCUT2D eigenvalue weighted by Crippen LogP contribution is -2.46. The molecule has 0 saturated heterocycles. The maximum atomic E-state index is 13.5. The summed E-state index contributed by atoms with van der Waals surface area (Å²) >= 11 is 0. The number of aromatic amines is 1. The van der Waals surface area contributed by atoms with Crippen LogP contribution in [0.25, 0.3) is 0 Å². The Morgan fingerprint density at radius 3 is 1.74 bits per heavy atom. The molecule has 332 valence electrons. The molecule has 0 aliphatic carbocycles. The number of amides is 2. The van der Waals surface area contributed by atoms with Crippen LogP contribution in [0.2, 0.25) is 0 Å². The maximum Gasteiger partial charge on any atom is 0.303 e. The standard InChI is InChI=1S/C44H78N6O8/c1-2-3-20-34(25-27-40(53)37(45)29-36-30-47-33-50-36)39(52)26-24-35(41(54)31-49-38(32-51)44(46)58)21-18-19-28-48-42(55)22-16-14-12-10-8-6-4-5-7-9-11-13-15-17-23-43(56)57/h30,33-35,37-38,49,51H,2-29,31-32,45H2,1H3,(H2,46,58)(H,47,50)(H,48,55)(H,56,57)/t34-,35-,37+,38+/m1/s1. The number of primary amides is 1. The molecular weight excluding hydrogens is 741 g/mol. The van der Waals surface area contributed by atoms with Crippen molar-refractivity contribution >= 4 is 35.1 Å². The number of nitrogens with two attached hydrogens (primary N) is 2. The van der Waals surface area contributed by atoms with Crippen molar-refractivity contribution in [2.24, 2.45) is 23.3 Å². The number of aliphatic hydroxyl groups excluding tert-OH is 1. The van der Waals surface area contributed by atoms with Gasteiger partial charge in [0.1, 0.15) is 23.4 Å². The number of rotatable bonds is 41. The number of carbonyl (C=O) groups is 6. The summed E-state index contributed by atoms with van der Waals surface area (Å²) in [5.74, 6) is -2.43. The van der Waals surface area contributed by atoms with Gasteiger partial charge < -0.3 is 32.0 Å². The number of carbonyl (C=O) groups excluding carboxylic acids is 5. The molecule has 1 rings (SSSR count). The van der Waals surface area contributed by atoms with Gasteiger partial charge in [-0.3, -0.25) is 34.1 Å². The number of imidazole rings is 1. The highest BCUT2D eigenvalue weighted by Gasteiger charge is 2.26. The van der Waals surface area contributed by atoms with E-state index in [1.165, 1.54) is 57.7 Å². The summed E-state index contributed by atoms with van der Waals surface area (Å²) in [6.07, 6.45) is 25.6. The van der Waals surface area contributed by atoms with Gasteiger partial charge in [0, 0.05) is 62.4 Å². The lowest BCUT2D eigenvalue weighted by molar-refractivity contribution is -0.137. The van der Waals surface area contributed by atoms with E-state index in [0.717, 1.165) is 57.1 Å². The van der Waals surface area contributed by atoms with Crippen molar-refractivity contribution in [3.05, 3.63) is 18.2 Å². The van der Waals surface area contributed by atoms with E-state index >= 15 is 0 Å². The first-order valence-corrected chi connectivity index (χ1v) is 22.4. The topological polar surface area (TPSA) is 248 Å². The molecule has 0 bridgehead atoms. The summed E-state index contributed by atoms with van der Waals surface area (Å²) < 4.78 is 0. The quantitative estimate of drug-likeness (QED) is 0.0377. The van der Waals surface area contributed by atoms with Crippen LogP contribution in [0, 0.1) is 11.8 Å². The number of aliphatic carboxylic acids is 1. The molecule has 4 atom stereocenters. The molecule has 1 aromatic rings. The van der Waals surface area contributed by atoms with Crippen LogP contribution in [0.5, 0.6) is 0 Å². The first-order valence-electron chi connectivity index (χ1n) is 22.4. The van der Waals surface area contributed by atoms with Crippen LogP contribution in [0.4, 0.5) is 0 Å². The predicted octanol–water partition coefficient (Wildman–Crippen LogP) is 6.02. The fourth-order valence-corrected chi connectivity index (χ4v) is 7.29. The molecule has 2 amide bonds. The van der Waals surface area contributed by atoms with E-state index in [9.17, 15) is 33.9 Å². The van der Waals surface area contributed by atoms with Crippen LogP contribution >= 0.6 is 0 Å². The number of hydrogen-bond acceptors (Lipinski definition) is 10. The summed E-state index contributed by atoms with van der Waals surface area (Å²) in [5.41, 5.74) is 12.2. The highest BCUT2D eigenvalue weighted by Crippen LogP contribution is 2.23. The molecule has 1 aromatic heterocycles. The molecule has 58 heavy (non-hydrogen) atoms. The number of carboxylic acids is 1. The zero-order valence-electron chi connectivity index (χ0n) is 35.6. The molecule has 9 N–H and O–H groups in total. The van der Waals surface area contributed by atoms with Gasteiger partial charge in [-0.25, -0.2) is 4.98 Å². The van der Waals surface area contributed by atoms with Crippen molar-refractivity contribution in [2.75, 3.05) is 19.7 Å². The third-order valence-corrected chi connectivity index (χ3v) is 11.1. The summed E-state index contributed by atoms with van der Waals surface area (Å²) in [7, 11) is 0. The van der Waals surface area contributed by atoms with E-state index in [0.29, 0.717) is 57.9 Å². The van der Waals surface area contributed by atoms with E-state index in [1.54, 1.807) is 6.20 Å². The smallest absolute Gasteiger partial charge is 0.303 e. The van der Waals surface area contributed by atoms with Crippen molar-refractivity contribution in [2.45, 2.75) is 192 Å². The lowest BCUT2D eigenvalue weighted by atomic mass is 9.85. The Bertz CT molecular complexity index is 1280. The van der Waals surface area contributed by atoms with Gasteiger partial charge in [0.2, 0.25) is 11.8 Å². The zero-order valence-corrected chi connectivity index (χ0v) is 35.6. The number of nitrogens with zero attached hydrogens (tertiary/aromatic N) is 1. The minimum atomic E-state index is -1.04. The lowest BCUT2D eigenvalue weighted by Gasteiger charge is -2.20. The van der Waals surface area contributed by atoms with Crippen LogP contribution in [0.1, 0.15) is 180 Å². The van der Waals surface area contributed by atoms with E-state index in [1.807, 2.05) is 0 Å². The second-order valence-electron chi connectivity index (χ2n) is 16.1. The molecule has 0 saturated carbocycles. The monoisotopic (exact) mass is 819 g/mol. The number of H-pyrrole nitrogens is 1.